The van der Waals surface area contributed by atoms with E-state index >= 15 is 0 Å². The van der Waals surface area contributed by atoms with Crippen molar-refractivity contribution in [1.29, 1.82) is 0 Å². The van der Waals surface area contributed by atoms with Gasteiger partial charge in [-0.2, -0.15) is 0 Å². The summed E-state index contributed by atoms with van der Waals surface area (Å²) in [6.45, 7) is 11.1. The van der Waals surface area contributed by atoms with Crippen molar-refractivity contribution in [2.45, 2.75) is 64.2 Å². The van der Waals surface area contributed by atoms with Crippen molar-refractivity contribution < 1.29 is 4.39 Å². The summed E-state index contributed by atoms with van der Waals surface area (Å²) in [6, 6.07) is 13.8. The van der Waals surface area contributed by atoms with Crippen molar-refractivity contribution in [3.05, 3.63) is 70.0 Å². The molecule has 2 heteroatoms. The van der Waals surface area contributed by atoms with Crippen LogP contribution in [-0.2, 0) is 10.8 Å². The normalized spacial score (nSPS) is 20.6. The Balaban J connectivity index is 1.70. The number of hydrogen-bond acceptors (Lipinski definition) is 0. The lowest BCUT2D eigenvalue weighted by atomic mass is 9.79. The van der Waals surface area contributed by atoms with E-state index < -0.39 is 0 Å². The molecule has 2 aromatic rings. The Morgan fingerprint density at radius 3 is 2.24 bits per heavy atom. The van der Waals surface area contributed by atoms with Gasteiger partial charge in [-0.25, -0.2) is 4.39 Å². The quantitative estimate of drug-likeness (QED) is 0.540. The minimum Gasteiger partial charge on any atom is -0.207 e. The van der Waals surface area contributed by atoms with E-state index in [4.69, 9.17) is 11.6 Å². The molecular formula is C23H28ClF. The molecule has 134 valence electrons. The molecule has 0 aromatic heterocycles. The van der Waals surface area contributed by atoms with Crippen molar-refractivity contribution >= 4 is 11.6 Å². The Bertz CT molecular complexity index is 753. The molecule has 1 fully saturated rings. The molecule has 1 aliphatic carbocycles. The topological polar surface area (TPSA) is 0 Å². The molecule has 0 saturated heterocycles. The summed E-state index contributed by atoms with van der Waals surface area (Å²) in [4.78, 5) is 0. The minimum atomic E-state index is -0.211. The Kier molecular flexibility index (Phi) is 4.75. The van der Waals surface area contributed by atoms with Crippen molar-refractivity contribution in [3.63, 3.8) is 0 Å². The summed E-state index contributed by atoms with van der Waals surface area (Å²) >= 11 is 6.33. The van der Waals surface area contributed by atoms with E-state index in [2.05, 4.69) is 58.9 Å². The molecule has 0 N–H and O–H groups in total. The van der Waals surface area contributed by atoms with Crippen molar-refractivity contribution in [2.24, 2.45) is 5.92 Å². The van der Waals surface area contributed by atoms with Gasteiger partial charge in [0.25, 0.3) is 0 Å². The maximum atomic E-state index is 13.6. The van der Waals surface area contributed by atoms with Crippen LogP contribution in [0.3, 0.4) is 0 Å². The second-order valence-electron chi connectivity index (χ2n) is 9.19. The first-order valence-electron chi connectivity index (χ1n) is 9.14. The van der Waals surface area contributed by atoms with Gasteiger partial charge in [0.2, 0.25) is 0 Å². The zero-order chi connectivity index (χ0) is 18.4. The number of hydrogen-bond donors (Lipinski definition) is 0. The minimum absolute atomic E-state index is 0.121. The Morgan fingerprint density at radius 2 is 1.64 bits per heavy atom. The average Bonchev–Trinajstić information content (AvgIpc) is 3.27. The molecule has 0 radical (unpaired) electrons. The molecule has 0 aliphatic heterocycles. The summed E-state index contributed by atoms with van der Waals surface area (Å²) in [7, 11) is 0. The van der Waals surface area contributed by atoms with Crippen LogP contribution in [0.15, 0.2) is 42.5 Å². The Morgan fingerprint density at radius 1 is 1.00 bits per heavy atom. The Labute approximate surface area is 156 Å². The number of halogens is 2. The van der Waals surface area contributed by atoms with Gasteiger partial charge in [-0.1, -0.05) is 70.5 Å². The summed E-state index contributed by atoms with van der Waals surface area (Å²) < 4.78 is 13.6. The smallest absolute Gasteiger partial charge is 0.123 e. The highest BCUT2D eigenvalue weighted by Gasteiger charge is 2.42. The van der Waals surface area contributed by atoms with Gasteiger partial charge in [-0.3, -0.25) is 0 Å². The van der Waals surface area contributed by atoms with Crippen LogP contribution in [0.1, 0.15) is 70.1 Å². The summed E-state index contributed by atoms with van der Waals surface area (Å²) in [5.74, 6) is 1.06. The van der Waals surface area contributed by atoms with E-state index in [0.29, 0.717) is 16.9 Å². The van der Waals surface area contributed by atoms with E-state index in [1.54, 1.807) is 12.1 Å². The van der Waals surface area contributed by atoms with E-state index in [1.165, 1.54) is 23.6 Å². The van der Waals surface area contributed by atoms with Crippen LogP contribution >= 0.6 is 11.6 Å². The molecule has 2 aromatic carbocycles. The third-order valence-corrected chi connectivity index (χ3v) is 5.89. The molecule has 0 nitrogen and oxygen atoms in total. The molecule has 0 heterocycles. The molecule has 0 bridgehead atoms. The molecule has 1 aliphatic rings. The maximum Gasteiger partial charge on any atom is 0.123 e. The van der Waals surface area contributed by atoms with Crippen LogP contribution in [0.2, 0.25) is 5.02 Å². The van der Waals surface area contributed by atoms with E-state index in [-0.39, 0.29) is 16.6 Å². The fourth-order valence-corrected chi connectivity index (χ4v) is 4.27. The van der Waals surface area contributed by atoms with Gasteiger partial charge >= 0.3 is 0 Å². The van der Waals surface area contributed by atoms with Crippen LogP contribution in [0, 0.1) is 11.7 Å². The monoisotopic (exact) mass is 358 g/mol. The third-order valence-electron chi connectivity index (χ3n) is 5.56. The highest BCUT2D eigenvalue weighted by molar-refractivity contribution is 6.31. The van der Waals surface area contributed by atoms with Crippen LogP contribution in [0.25, 0.3) is 0 Å². The van der Waals surface area contributed by atoms with Crippen LogP contribution < -0.4 is 0 Å². The summed E-state index contributed by atoms with van der Waals surface area (Å²) in [6.07, 6.45) is 2.24. The lowest BCUT2D eigenvalue weighted by Gasteiger charge is -2.27. The second kappa shape index (κ2) is 6.43. The van der Waals surface area contributed by atoms with E-state index in [1.807, 2.05) is 0 Å². The first kappa shape index (κ1) is 18.5. The molecular weight excluding hydrogens is 331 g/mol. The van der Waals surface area contributed by atoms with Crippen molar-refractivity contribution in [2.75, 3.05) is 0 Å². The highest BCUT2D eigenvalue weighted by Crippen LogP contribution is 2.54. The first-order valence-corrected chi connectivity index (χ1v) is 9.52. The SMILES string of the molecule is CC(C)(C)c1ccc(C2CC2CC(C)(C)c2cc(F)ccc2Cl)cc1. The highest BCUT2D eigenvalue weighted by atomic mass is 35.5. The maximum absolute atomic E-state index is 13.6. The molecule has 3 rings (SSSR count). The number of benzene rings is 2. The molecule has 2 atom stereocenters. The lowest BCUT2D eigenvalue weighted by molar-refractivity contribution is 0.440. The van der Waals surface area contributed by atoms with Gasteiger partial charge < -0.3 is 0 Å². The zero-order valence-corrected chi connectivity index (χ0v) is 16.6. The van der Waals surface area contributed by atoms with Crippen LogP contribution in [0.4, 0.5) is 4.39 Å². The lowest BCUT2D eigenvalue weighted by Crippen LogP contribution is -2.19. The molecule has 1 saturated carbocycles. The fourth-order valence-electron chi connectivity index (χ4n) is 3.89. The van der Waals surface area contributed by atoms with Crippen molar-refractivity contribution in [1.82, 2.24) is 0 Å². The summed E-state index contributed by atoms with van der Waals surface area (Å²) in [5, 5.41) is 0.665. The predicted molar refractivity (Wildman–Crippen MR) is 105 cm³/mol. The van der Waals surface area contributed by atoms with Gasteiger partial charge in [0.15, 0.2) is 0 Å². The van der Waals surface area contributed by atoms with E-state index in [0.717, 1.165) is 12.0 Å². The van der Waals surface area contributed by atoms with Gasteiger partial charge in [-0.05, 0) is 70.4 Å². The van der Waals surface area contributed by atoms with Crippen LogP contribution in [-0.4, -0.2) is 0 Å². The first-order chi connectivity index (χ1) is 11.6. The average molecular weight is 359 g/mol. The molecule has 25 heavy (non-hydrogen) atoms. The third kappa shape index (κ3) is 4.08. The van der Waals surface area contributed by atoms with E-state index in [9.17, 15) is 4.39 Å². The Hall–Kier alpha value is -1.34. The summed E-state index contributed by atoms with van der Waals surface area (Å²) in [5.41, 5.74) is 3.80. The van der Waals surface area contributed by atoms with Gasteiger partial charge in [0.05, 0.1) is 0 Å². The van der Waals surface area contributed by atoms with Gasteiger partial charge in [-0.15, -0.1) is 0 Å². The van der Waals surface area contributed by atoms with Crippen LogP contribution in [0.5, 0.6) is 0 Å². The molecule has 0 amide bonds. The molecule has 2 unspecified atom stereocenters. The largest absolute Gasteiger partial charge is 0.207 e. The zero-order valence-electron chi connectivity index (χ0n) is 15.9. The van der Waals surface area contributed by atoms with Crippen molar-refractivity contribution in [3.8, 4) is 0 Å². The standard InChI is InChI=1S/C23H28ClF/c1-22(2,3)17-8-6-15(7-9-17)19-12-16(19)14-23(4,5)20-13-18(25)10-11-21(20)24/h6-11,13,16,19H,12,14H2,1-5H3. The molecule has 0 spiro atoms. The fraction of sp³-hybridized carbons (Fsp3) is 0.478. The van der Waals surface area contributed by atoms with Gasteiger partial charge in [0.1, 0.15) is 5.82 Å². The second-order valence-corrected chi connectivity index (χ2v) is 9.59. The predicted octanol–water partition coefficient (Wildman–Crippen LogP) is 7.25. The van der Waals surface area contributed by atoms with Gasteiger partial charge in [0, 0.05) is 5.02 Å². The number of rotatable bonds is 4.